The molecule has 0 bridgehead atoms. The zero-order chi connectivity index (χ0) is 7.15. The molecule has 0 radical (unpaired) electrons. The molecule has 1 unspecified atom stereocenters. The van der Waals surface area contributed by atoms with Crippen LogP contribution in [0.2, 0.25) is 0 Å². The molecule has 0 heterocycles. The van der Waals surface area contributed by atoms with Crippen LogP contribution in [0, 0.1) is 0 Å². The summed E-state index contributed by atoms with van der Waals surface area (Å²) in [7, 11) is 4.78. The zero-order valence-electron chi connectivity index (χ0n) is 5.72. The Morgan fingerprint density at radius 3 is 1.89 bits per heavy atom. The van der Waals surface area contributed by atoms with Crippen LogP contribution in [0.25, 0.3) is 0 Å². The van der Waals surface area contributed by atoms with Gasteiger partial charge in [0.1, 0.15) is 0 Å². The fraction of sp³-hybridized carbons (Fsp3) is 0.667. The third-order valence-electron chi connectivity index (χ3n) is 0.341. The van der Waals surface area contributed by atoms with E-state index in [9.17, 15) is 9.90 Å². The molecule has 0 aromatic rings. The molecule has 0 fully saturated rings. The number of aliphatic hydroxyl groups excluding tert-OH is 1. The fourth-order valence-corrected chi connectivity index (χ4v) is 0. The monoisotopic (exact) mass is 176 g/mol. The van der Waals surface area contributed by atoms with Gasteiger partial charge in [-0.3, -0.25) is 10.0 Å². The summed E-state index contributed by atoms with van der Waals surface area (Å²) in [6, 6.07) is 0. The first kappa shape index (κ1) is 16.7. The minimum absolute atomic E-state index is 0. The minimum atomic E-state index is -1.44. The molecule has 0 aromatic heterocycles. The van der Waals surface area contributed by atoms with Gasteiger partial charge in [0.2, 0.25) is 0 Å². The first-order valence-corrected chi connectivity index (χ1v) is 4.93. The van der Waals surface area contributed by atoms with Gasteiger partial charge in [-0.2, -0.15) is 0 Å². The van der Waals surface area contributed by atoms with E-state index in [0.717, 1.165) is 22.3 Å². The van der Waals surface area contributed by atoms with E-state index >= 15 is 0 Å². The molecule has 6 heteroatoms. The molecule has 1 N–H and O–H groups in total. The molecule has 0 spiro atoms. The third kappa shape index (κ3) is 17.6. The summed E-state index contributed by atoms with van der Waals surface area (Å²) in [6.07, 6.45) is -1.34. The van der Waals surface area contributed by atoms with E-state index in [1.807, 2.05) is 0 Å². The van der Waals surface area contributed by atoms with E-state index in [2.05, 4.69) is 0 Å². The molecule has 0 saturated carbocycles. The van der Waals surface area contributed by atoms with Gasteiger partial charge < -0.3 is 15.0 Å². The number of hydrogen-bond acceptors (Lipinski definition) is 3. The Kier molecular flexibility index (Phi) is 22.2. The van der Waals surface area contributed by atoms with Gasteiger partial charge in [0.05, 0.1) is 12.1 Å². The molecule has 3 nitrogen and oxygen atoms in total. The van der Waals surface area contributed by atoms with Crippen molar-refractivity contribution in [3.8, 4) is 0 Å². The molecule has 0 aliphatic carbocycles. The largest absolute Gasteiger partial charge is 1.00 e. The first-order valence-electron chi connectivity index (χ1n) is 1.91. The van der Waals surface area contributed by atoms with Crippen molar-refractivity contribution in [2.45, 2.75) is 13.0 Å². The van der Waals surface area contributed by atoms with Gasteiger partial charge in [0.15, 0.2) is 0 Å². The number of halogens is 1. The molecule has 0 aromatic carbocycles. The quantitative estimate of drug-likeness (QED) is 0.407. The average molecular weight is 177 g/mol. The summed E-state index contributed by atoms with van der Waals surface area (Å²) in [5.41, 5.74) is 0. The maximum absolute atomic E-state index is 9.34. The Balaban J connectivity index is -0.000000109. The average Bonchev–Trinajstić information content (AvgIpc) is 1.72. The van der Waals surface area contributed by atoms with E-state index in [0.29, 0.717) is 0 Å². The number of aliphatic carboxylic acids is 1. The summed E-state index contributed by atoms with van der Waals surface area (Å²) < 4.78 is 0. The Labute approximate surface area is 88.3 Å². The van der Waals surface area contributed by atoms with Crippen LogP contribution in [0.15, 0.2) is 0 Å². The van der Waals surface area contributed by atoms with Crippen molar-refractivity contribution < 1.29 is 44.6 Å². The minimum Gasteiger partial charge on any atom is -0.547 e. The summed E-state index contributed by atoms with van der Waals surface area (Å²) >= 11 is 0.778. The Morgan fingerprint density at radius 2 is 1.89 bits per heavy atom. The number of carboxylic acid groups (broad SMARTS) is 1. The zero-order valence-corrected chi connectivity index (χ0v) is 10.5. The summed E-state index contributed by atoms with van der Waals surface area (Å²) in [6.45, 7) is 1.13. The fourth-order valence-electron chi connectivity index (χ4n) is 0. The van der Waals surface area contributed by atoms with E-state index in [1.54, 1.807) is 0 Å². The molecule has 0 saturated heterocycles. The van der Waals surface area contributed by atoms with Crippen molar-refractivity contribution in [2.75, 3.05) is 0 Å². The van der Waals surface area contributed by atoms with E-state index in [4.69, 9.17) is 15.2 Å². The van der Waals surface area contributed by atoms with Crippen molar-refractivity contribution in [1.29, 1.82) is 0 Å². The molecule has 0 aliphatic rings. The van der Waals surface area contributed by atoms with Crippen LogP contribution >= 0.6 is 10.0 Å². The molecule has 48 valence electrons. The number of aliphatic hydroxyl groups is 1. The molecular formula is C3H7AlClNaO3. The third-order valence-corrected chi connectivity index (χ3v) is 0.341. The van der Waals surface area contributed by atoms with Gasteiger partial charge in [-0.25, -0.2) is 0 Å². The van der Waals surface area contributed by atoms with Crippen LogP contribution in [0.1, 0.15) is 6.92 Å². The first-order chi connectivity index (χ1) is 3.64. The topological polar surface area (TPSA) is 60.4 Å². The van der Waals surface area contributed by atoms with Gasteiger partial charge >= 0.3 is 44.9 Å². The predicted molar refractivity (Wildman–Crippen MR) is 31.1 cm³/mol. The Morgan fingerprint density at radius 1 is 1.78 bits per heavy atom. The molecule has 0 aliphatic heterocycles. The Hall–Kier alpha value is 1.25. The molecule has 0 amide bonds. The van der Waals surface area contributed by atoms with Gasteiger partial charge in [0, 0.05) is 0 Å². The second-order valence-electron chi connectivity index (χ2n) is 0.995. The summed E-state index contributed by atoms with van der Waals surface area (Å²) in [5, 5.41) is 17.3. The van der Waals surface area contributed by atoms with E-state index in [1.165, 1.54) is 0 Å². The van der Waals surface area contributed by atoms with Gasteiger partial charge in [-0.15, -0.1) is 0 Å². The second kappa shape index (κ2) is 12.0. The molecule has 1 atom stereocenters. The summed E-state index contributed by atoms with van der Waals surface area (Å²) in [4.78, 5) is 9.34. The van der Waals surface area contributed by atoms with E-state index in [-0.39, 0.29) is 29.6 Å². The smallest absolute Gasteiger partial charge is 0.547 e. The van der Waals surface area contributed by atoms with Gasteiger partial charge in [-0.1, -0.05) is 0 Å². The van der Waals surface area contributed by atoms with Crippen LogP contribution in [0.3, 0.4) is 0 Å². The number of carbonyl (C=O) groups excluding carboxylic acids is 1. The SMILES string of the molecule is CC(O)C(=O)[O-].[AlH2][Cl].[Na+]. The summed E-state index contributed by atoms with van der Waals surface area (Å²) in [5.74, 6) is -1.44. The predicted octanol–water partition coefficient (Wildman–Crippen LogP) is -5.11. The van der Waals surface area contributed by atoms with Crippen molar-refractivity contribution in [2.24, 2.45) is 0 Å². The second-order valence-corrected chi connectivity index (χ2v) is 0.995. The van der Waals surface area contributed by atoms with Crippen LogP contribution < -0.4 is 34.7 Å². The number of carboxylic acids is 1. The van der Waals surface area contributed by atoms with Gasteiger partial charge in [0.25, 0.3) is 0 Å². The van der Waals surface area contributed by atoms with Crippen LogP contribution in [0.4, 0.5) is 0 Å². The van der Waals surface area contributed by atoms with Crippen LogP contribution in [-0.4, -0.2) is 32.5 Å². The van der Waals surface area contributed by atoms with Crippen LogP contribution in [0.5, 0.6) is 0 Å². The normalized spacial score (nSPS) is 9.67. The maximum atomic E-state index is 9.34. The van der Waals surface area contributed by atoms with Gasteiger partial charge in [-0.05, 0) is 6.92 Å². The number of carbonyl (C=O) groups is 1. The van der Waals surface area contributed by atoms with Crippen molar-refractivity contribution in [3.63, 3.8) is 0 Å². The molecular weight excluding hydrogens is 169 g/mol. The van der Waals surface area contributed by atoms with Crippen molar-refractivity contribution in [3.05, 3.63) is 0 Å². The van der Waals surface area contributed by atoms with Crippen molar-refractivity contribution >= 4 is 31.4 Å². The number of hydrogen-bond donors (Lipinski definition) is 1. The van der Waals surface area contributed by atoms with Crippen molar-refractivity contribution in [1.82, 2.24) is 0 Å². The standard InChI is InChI=1S/C3H6O3.Al.ClH.Na.2H/c1-2(4)3(5)6;;;;;/h2,4H,1H3,(H,5,6);;1H;;;/q;+1;;+1;;/p-2. The molecule has 0 rings (SSSR count). The Bertz CT molecular complexity index is 70.1. The maximum Gasteiger partial charge on any atom is 1.00 e. The number of rotatable bonds is 1. The molecule has 9 heavy (non-hydrogen) atoms. The van der Waals surface area contributed by atoms with Crippen LogP contribution in [-0.2, 0) is 4.79 Å². The van der Waals surface area contributed by atoms with E-state index < -0.39 is 12.1 Å².